The Bertz CT molecular complexity index is 638. The SMILES string of the molecule is CC(C)N1C[C@H]2CC[C@@](c3nnn4c3CN(C(C)C)C(C)C4)(C1)[C@@H]2N. The average molecular weight is 347 g/mol. The van der Waals surface area contributed by atoms with E-state index in [4.69, 9.17) is 10.8 Å². The van der Waals surface area contributed by atoms with Gasteiger partial charge < -0.3 is 5.73 Å². The average Bonchev–Trinajstić information content (AvgIpc) is 3.01. The van der Waals surface area contributed by atoms with E-state index in [9.17, 15) is 0 Å². The summed E-state index contributed by atoms with van der Waals surface area (Å²) in [6.45, 7) is 15.5. The molecule has 3 heterocycles. The number of aromatic nitrogens is 3. The molecule has 4 rings (SSSR count). The molecule has 1 aliphatic carbocycles. The summed E-state index contributed by atoms with van der Waals surface area (Å²) in [4.78, 5) is 5.18. The van der Waals surface area contributed by atoms with Crippen LogP contribution in [-0.2, 0) is 18.5 Å². The summed E-state index contributed by atoms with van der Waals surface area (Å²) in [7, 11) is 0. The highest BCUT2D eigenvalue weighted by atomic mass is 15.5. The number of rotatable bonds is 3. The zero-order chi connectivity index (χ0) is 17.9. The molecule has 1 saturated carbocycles. The zero-order valence-electron chi connectivity index (χ0n) is 16.4. The summed E-state index contributed by atoms with van der Waals surface area (Å²) >= 11 is 0. The van der Waals surface area contributed by atoms with Gasteiger partial charge in [0.1, 0.15) is 0 Å². The van der Waals surface area contributed by atoms with Crippen molar-refractivity contribution in [3.05, 3.63) is 11.4 Å². The molecule has 1 aromatic rings. The summed E-state index contributed by atoms with van der Waals surface area (Å²) in [5, 5.41) is 9.30. The fraction of sp³-hybridized carbons (Fsp3) is 0.895. The number of piperidine rings is 1. The Morgan fingerprint density at radius 1 is 1.16 bits per heavy atom. The van der Waals surface area contributed by atoms with Gasteiger partial charge in [0.15, 0.2) is 0 Å². The third-order valence-electron chi connectivity index (χ3n) is 7.10. The Morgan fingerprint density at radius 3 is 2.60 bits per heavy atom. The first-order valence-electron chi connectivity index (χ1n) is 10.0. The summed E-state index contributed by atoms with van der Waals surface area (Å²) in [6, 6.07) is 1.82. The Balaban J connectivity index is 1.73. The standard InChI is InChI=1S/C19H34N6/c1-12(2)23-9-15-6-7-19(11-23,17(15)20)18-16-10-24(13(3)4)14(5)8-25(16)22-21-18/h12-15,17H,6-11,20H2,1-5H3/t14?,15-,17-,19-/m1/s1. The van der Waals surface area contributed by atoms with Gasteiger partial charge in [-0.3, -0.25) is 9.80 Å². The van der Waals surface area contributed by atoms with E-state index in [1.54, 1.807) is 0 Å². The molecule has 2 fully saturated rings. The van der Waals surface area contributed by atoms with E-state index in [2.05, 4.69) is 54.3 Å². The third kappa shape index (κ3) is 2.56. The second-order valence-electron chi connectivity index (χ2n) is 9.19. The lowest BCUT2D eigenvalue weighted by atomic mass is 9.73. The molecule has 1 unspecified atom stereocenters. The molecule has 2 aliphatic heterocycles. The number of hydrogen-bond acceptors (Lipinski definition) is 5. The lowest BCUT2D eigenvalue weighted by Crippen LogP contribution is -2.60. The number of nitrogens with zero attached hydrogens (tertiary/aromatic N) is 5. The summed E-state index contributed by atoms with van der Waals surface area (Å²) in [6.07, 6.45) is 2.38. The maximum atomic E-state index is 6.81. The van der Waals surface area contributed by atoms with Crippen molar-refractivity contribution in [2.75, 3.05) is 13.1 Å². The quantitative estimate of drug-likeness (QED) is 0.900. The van der Waals surface area contributed by atoms with Crippen LogP contribution in [0.5, 0.6) is 0 Å². The van der Waals surface area contributed by atoms with E-state index in [0.29, 0.717) is 24.0 Å². The number of likely N-dealkylation sites (tertiary alicyclic amines) is 1. The summed E-state index contributed by atoms with van der Waals surface area (Å²) in [5.41, 5.74) is 9.31. The molecule has 2 N–H and O–H groups in total. The van der Waals surface area contributed by atoms with Crippen LogP contribution in [0.1, 0.15) is 58.8 Å². The highest BCUT2D eigenvalue weighted by molar-refractivity contribution is 5.31. The molecule has 6 nitrogen and oxygen atoms in total. The van der Waals surface area contributed by atoms with E-state index >= 15 is 0 Å². The van der Waals surface area contributed by atoms with Gasteiger partial charge in [0.2, 0.25) is 0 Å². The third-order valence-corrected chi connectivity index (χ3v) is 7.10. The van der Waals surface area contributed by atoms with Gasteiger partial charge in [-0.25, -0.2) is 4.68 Å². The van der Waals surface area contributed by atoms with Crippen molar-refractivity contribution < 1.29 is 0 Å². The van der Waals surface area contributed by atoms with Crippen molar-refractivity contribution in [3.63, 3.8) is 0 Å². The van der Waals surface area contributed by atoms with Crippen LogP contribution in [0.2, 0.25) is 0 Å². The van der Waals surface area contributed by atoms with E-state index in [1.165, 1.54) is 17.8 Å². The maximum Gasteiger partial charge on any atom is 0.0962 e. The minimum absolute atomic E-state index is 0.00992. The lowest BCUT2D eigenvalue weighted by Gasteiger charge is -2.46. The minimum Gasteiger partial charge on any atom is -0.326 e. The predicted octanol–water partition coefficient (Wildman–Crippen LogP) is 1.59. The van der Waals surface area contributed by atoms with Gasteiger partial charge in [0.25, 0.3) is 0 Å². The fourth-order valence-corrected chi connectivity index (χ4v) is 5.50. The molecule has 140 valence electrons. The van der Waals surface area contributed by atoms with E-state index < -0.39 is 0 Å². The first-order chi connectivity index (χ1) is 11.8. The molecule has 3 aliphatic rings. The molecular formula is C19H34N6. The van der Waals surface area contributed by atoms with Gasteiger partial charge in [-0.05, 0) is 53.4 Å². The van der Waals surface area contributed by atoms with Crippen LogP contribution in [-0.4, -0.2) is 62.1 Å². The second-order valence-corrected chi connectivity index (χ2v) is 9.19. The van der Waals surface area contributed by atoms with Gasteiger partial charge in [0.05, 0.1) is 17.9 Å². The topological polar surface area (TPSA) is 63.2 Å². The van der Waals surface area contributed by atoms with Gasteiger partial charge >= 0.3 is 0 Å². The molecule has 0 amide bonds. The molecule has 1 aromatic heterocycles. The Labute approximate surface area is 151 Å². The second kappa shape index (κ2) is 6.03. The molecule has 25 heavy (non-hydrogen) atoms. The molecule has 0 spiro atoms. The molecule has 0 radical (unpaired) electrons. The van der Waals surface area contributed by atoms with Crippen molar-refractivity contribution in [1.82, 2.24) is 24.8 Å². The Hall–Kier alpha value is -0.980. The van der Waals surface area contributed by atoms with Crippen molar-refractivity contribution >= 4 is 0 Å². The molecule has 0 aromatic carbocycles. The Kier molecular flexibility index (Phi) is 4.21. The van der Waals surface area contributed by atoms with Crippen LogP contribution in [0.3, 0.4) is 0 Å². The molecule has 6 heteroatoms. The number of fused-ring (bicyclic) bond motifs is 3. The van der Waals surface area contributed by atoms with Crippen molar-refractivity contribution in [2.45, 2.75) is 90.1 Å². The van der Waals surface area contributed by atoms with Crippen LogP contribution in [0, 0.1) is 5.92 Å². The maximum absolute atomic E-state index is 6.81. The molecule has 4 atom stereocenters. The van der Waals surface area contributed by atoms with Crippen molar-refractivity contribution in [1.29, 1.82) is 0 Å². The monoisotopic (exact) mass is 346 g/mol. The Morgan fingerprint density at radius 2 is 1.92 bits per heavy atom. The number of hydrogen-bond donors (Lipinski definition) is 1. The van der Waals surface area contributed by atoms with Crippen LogP contribution >= 0.6 is 0 Å². The minimum atomic E-state index is -0.00992. The summed E-state index contributed by atoms with van der Waals surface area (Å²) < 4.78 is 2.15. The highest BCUT2D eigenvalue weighted by Crippen LogP contribution is 2.48. The van der Waals surface area contributed by atoms with Crippen molar-refractivity contribution in [2.24, 2.45) is 11.7 Å². The number of nitrogens with two attached hydrogens (primary N) is 1. The lowest BCUT2D eigenvalue weighted by molar-refractivity contribution is 0.0876. The normalized spacial score (nSPS) is 36.4. The van der Waals surface area contributed by atoms with E-state index in [0.717, 1.165) is 32.6 Å². The van der Waals surface area contributed by atoms with Gasteiger partial charge in [-0.15, -0.1) is 5.10 Å². The predicted molar refractivity (Wildman–Crippen MR) is 99.2 cm³/mol. The molecule has 2 bridgehead atoms. The van der Waals surface area contributed by atoms with Crippen molar-refractivity contribution in [3.8, 4) is 0 Å². The van der Waals surface area contributed by atoms with Gasteiger partial charge in [0, 0.05) is 49.2 Å². The zero-order valence-corrected chi connectivity index (χ0v) is 16.4. The smallest absolute Gasteiger partial charge is 0.0962 e. The first kappa shape index (κ1) is 17.4. The summed E-state index contributed by atoms with van der Waals surface area (Å²) in [5.74, 6) is 0.595. The first-order valence-corrected chi connectivity index (χ1v) is 10.0. The van der Waals surface area contributed by atoms with Crippen LogP contribution in [0.4, 0.5) is 0 Å². The highest BCUT2D eigenvalue weighted by Gasteiger charge is 2.55. The largest absolute Gasteiger partial charge is 0.326 e. The van der Waals surface area contributed by atoms with Gasteiger partial charge in [-0.2, -0.15) is 0 Å². The van der Waals surface area contributed by atoms with E-state index in [-0.39, 0.29) is 11.5 Å². The van der Waals surface area contributed by atoms with Crippen LogP contribution in [0.25, 0.3) is 0 Å². The van der Waals surface area contributed by atoms with E-state index in [1.807, 2.05) is 0 Å². The van der Waals surface area contributed by atoms with Gasteiger partial charge in [-0.1, -0.05) is 5.21 Å². The van der Waals surface area contributed by atoms with Crippen LogP contribution < -0.4 is 5.73 Å². The fourth-order valence-electron chi connectivity index (χ4n) is 5.50. The van der Waals surface area contributed by atoms with Crippen LogP contribution in [0.15, 0.2) is 0 Å². The molecule has 1 saturated heterocycles. The molecular weight excluding hydrogens is 312 g/mol.